The first-order chi connectivity index (χ1) is 9.88. The molecule has 0 aliphatic carbocycles. The van der Waals surface area contributed by atoms with Crippen molar-refractivity contribution in [2.75, 3.05) is 18.8 Å². The maximum atomic E-state index is 12.5. The Morgan fingerprint density at radius 2 is 1.62 bits per heavy atom. The minimum Gasteiger partial charge on any atom is -0.223 e. The molecule has 0 bridgehead atoms. The van der Waals surface area contributed by atoms with Crippen LogP contribution in [0.2, 0.25) is 0 Å². The van der Waals surface area contributed by atoms with Crippen molar-refractivity contribution >= 4 is 19.9 Å². The highest BCUT2D eigenvalue weighted by Gasteiger charge is 2.34. The number of nitrogens with zero attached hydrogens (tertiary/aromatic N) is 1. The van der Waals surface area contributed by atoms with Gasteiger partial charge in [0.15, 0.2) is 9.84 Å². The van der Waals surface area contributed by atoms with Crippen LogP contribution in [0.15, 0.2) is 35.2 Å². The lowest BCUT2D eigenvalue weighted by molar-refractivity contribution is 0.345. The van der Waals surface area contributed by atoms with Gasteiger partial charge in [0.05, 0.1) is 15.9 Å². The summed E-state index contributed by atoms with van der Waals surface area (Å²) in [6.07, 6.45) is 1.30. The third-order valence-electron chi connectivity index (χ3n) is 3.77. The minimum absolute atomic E-state index is 0.128. The van der Waals surface area contributed by atoms with E-state index in [0.717, 1.165) is 0 Å². The number of hydrogen-bond acceptors (Lipinski definition) is 4. The zero-order valence-corrected chi connectivity index (χ0v) is 13.7. The molecule has 0 aromatic heterocycles. The molecule has 0 radical (unpaired) electrons. The third kappa shape index (κ3) is 3.64. The van der Waals surface area contributed by atoms with Crippen LogP contribution in [-0.4, -0.2) is 45.2 Å². The van der Waals surface area contributed by atoms with Crippen LogP contribution in [0.4, 0.5) is 0 Å². The maximum Gasteiger partial charge on any atom is 0.214 e. The summed E-state index contributed by atoms with van der Waals surface area (Å²) in [5, 5.41) is -0.493. The van der Waals surface area contributed by atoms with Crippen molar-refractivity contribution in [3.05, 3.63) is 30.3 Å². The predicted octanol–water partition coefficient (Wildman–Crippen LogP) is 1.66. The van der Waals surface area contributed by atoms with Crippen molar-refractivity contribution in [2.24, 2.45) is 0 Å². The van der Waals surface area contributed by atoms with Crippen molar-refractivity contribution < 1.29 is 16.8 Å². The summed E-state index contributed by atoms with van der Waals surface area (Å²) in [4.78, 5) is 0.319. The Morgan fingerprint density at radius 1 is 1.05 bits per heavy atom. The van der Waals surface area contributed by atoms with E-state index in [4.69, 9.17) is 0 Å². The smallest absolute Gasteiger partial charge is 0.214 e. The molecule has 1 aromatic rings. The summed E-state index contributed by atoms with van der Waals surface area (Å²) in [6.45, 7) is 2.41. The molecule has 21 heavy (non-hydrogen) atoms. The van der Waals surface area contributed by atoms with Gasteiger partial charge in [-0.25, -0.2) is 21.1 Å². The number of piperidine rings is 1. The molecule has 0 saturated carbocycles. The highest BCUT2D eigenvalue weighted by molar-refractivity contribution is 7.92. The first-order valence-corrected chi connectivity index (χ1v) is 10.3. The lowest BCUT2D eigenvalue weighted by atomic mass is 10.2. The monoisotopic (exact) mass is 331 g/mol. The zero-order valence-electron chi connectivity index (χ0n) is 12.1. The first-order valence-electron chi connectivity index (χ1n) is 7.14. The van der Waals surface area contributed by atoms with Crippen molar-refractivity contribution in [3.63, 3.8) is 0 Å². The second-order valence-corrected chi connectivity index (χ2v) is 9.59. The number of sulfonamides is 1. The fourth-order valence-electron chi connectivity index (χ4n) is 2.61. The van der Waals surface area contributed by atoms with Crippen LogP contribution in [-0.2, 0) is 19.9 Å². The lowest BCUT2D eigenvalue weighted by Gasteiger charge is -2.30. The second kappa shape index (κ2) is 6.46. The van der Waals surface area contributed by atoms with Gasteiger partial charge >= 0.3 is 0 Å². The Balaban J connectivity index is 2.08. The maximum absolute atomic E-state index is 12.5. The number of hydrogen-bond donors (Lipinski definition) is 0. The Labute approximate surface area is 126 Å². The van der Waals surface area contributed by atoms with Gasteiger partial charge in [-0.05, 0) is 31.4 Å². The molecule has 0 amide bonds. The molecular formula is C14H21NO4S2. The molecule has 1 aliphatic heterocycles. The molecule has 1 heterocycles. The van der Waals surface area contributed by atoms with Crippen LogP contribution in [0.5, 0.6) is 0 Å². The topological polar surface area (TPSA) is 71.5 Å². The van der Waals surface area contributed by atoms with E-state index in [2.05, 4.69) is 0 Å². The SMILES string of the molecule is CCCS(=O)(=O)N1CCC(S(=O)(=O)c2ccccc2)CC1. The summed E-state index contributed by atoms with van der Waals surface area (Å²) in [5.41, 5.74) is 0. The van der Waals surface area contributed by atoms with E-state index in [-0.39, 0.29) is 5.75 Å². The summed E-state index contributed by atoms with van der Waals surface area (Å²) >= 11 is 0. The van der Waals surface area contributed by atoms with Crippen LogP contribution < -0.4 is 0 Å². The molecule has 1 aromatic carbocycles. The molecule has 118 valence electrons. The average molecular weight is 331 g/mol. The fraction of sp³-hybridized carbons (Fsp3) is 0.571. The van der Waals surface area contributed by atoms with E-state index in [9.17, 15) is 16.8 Å². The summed E-state index contributed by atoms with van der Waals surface area (Å²) in [6, 6.07) is 8.37. The van der Waals surface area contributed by atoms with E-state index in [1.54, 1.807) is 30.3 Å². The van der Waals surface area contributed by atoms with E-state index in [1.807, 2.05) is 6.92 Å². The van der Waals surface area contributed by atoms with Crippen molar-refractivity contribution in [1.82, 2.24) is 4.31 Å². The van der Waals surface area contributed by atoms with Gasteiger partial charge in [0.25, 0.3) is 0 Å². The average Bonchev–Trinajstić information content (AvgIpc) is 2.48. The summed E-state index contributed by atoms with van der Waals surface area (Å²) < 4.78 is 50.4. The van der Waals surface area contributed by atoms with Crippen LogP contribution in [0.1, 0.15) is 26.2 Å². The third-order valence-corrected chi connectivity index (χ3v) is 8.12. The van der Waals surface area contributed by atoms with Crippen molar-refractivity contribution in [2.45, 2.75) is 36.3 Å². The molecule has 1 aliphatic rings. The van der Waals surface area contributed by atoms with Crippen LogP contribution >= 0.6 is 0 Å². The lowest BCUT2D eigenvalue weighted by Crippen LogP contribution is -2.43. The molecular weight excluding hydrogens is 310 g/mol. The molecule has 0 unspecified atom stereocenters. The molecule has 0 atom stereocenters. The van der Waals surface area contributed by atoms with Gasteiger partial charge in [-0.15, -0.1) is 0 Å². The van der Waals surface area contributed by atoms with Crippen molar-refractivity contribution in [3.8, 4) is 0 Å². The van der Waals surface area contributed by atoms with Gasteiger partial charge < -0.3 is 0 Å². The van der Waals surface area contributed by atoms with Gasteiger partial charge in [0.2, 0.25) is 10.0 Å². The molecule has 1 fully saturated rings. The highest BCUT2D eigenvalue weighted by atomic mass is 32.2. The van der Waals surface area contributed by atoms with E-state index >= 15 is 0 Å². The largest absolute Gasteiger partial charge is 0.223 e. The molecule has 0 N–H and O–H groups in total. The molecule has 7 heteroatoms. The number of rotatable bonds is 5. The van der Waals surface area contributed by atoms with Gasteiger partial charge in [0, 0.05) is 13.1 Å². The molecule has 5 nitrogen and oxygen atoms in total. The predicted molar refractivity (Wildman–Crippen MR) is 82.3 cm³/mol. The highest BCUT2D eigenvalue weighted by Crippen LogP contribution is 2.25. The van der Waals surface area contributed by atoms with Crippen molar-refractivity contribution in [1.29, 1.82) is 0 Å². The Morgan fingerprint density at radius 3 is 2.14 bits per heavy atom. The molecule has 2 rings (SSSR count). The Kier molecular flexibility index (Phi) is 5.06. The molecule has 0 spiro atoms. The Hall–Kier alpha value is -0.920. The van der Waals surface area contributed by atoms with Gasteiger partial charge in [-0.2, -0.15) is 0 Å². The van der Waals surface area contributed by atoms with Crippen LogP contribution in [0.3, 0.4) is 0 Å². The minimum atomic E-state index is -3.36. The summed E-state index contributed by atoms with van der Waals surface area (Å²) in [7, 11) is -6.59. The Bertz CT molecular complexity index is 660. The van der Waals surface area contributed by atoms with Crippen LogP contribution in [0.25, 0.3) is 0 Å². The number of benzene rings is 1. The first kappa shape index (κ1) is 16.5. The second-order valence-electron chi connectivity index (χ2n) is 5.27. The molecule has 1 saturated heterocycles. The van der Waals surface area contributed by atoms with E-state index < -0.39 is 25.1 Å². The van der Waals surface area contributed by atoms with E-state index in [1.165, 1.54) is 4.31 Å². The van der Waals surface area contributed by atoms with E-state index in [0.29, 0.717) is 37.2 Å². The van der Waals surface area contributed by atoms with Gasteiger partial charge in [-0.3, -0.25) is 0 Å². The normalized spacial score (nSPS) is 18.7. The summed E-state index contributed by atoms with van der Waals surface area (Å²) in [5.74, 6) is 0.128. The van der Waals surface area contributed by atoms with Gasteiger partial charge in [0.1, 0.15) is 0 Å². The van der Waals surface area contributed by atoms with Crippen LogP contribution in [0, 0.1) is 0 Å². The quantitative estimate of drug-likeness (QED) is 0.823. The fourth-order valence-corrected chi connectivity index (χ4v) is 5.90. The number of sulfone groups is 1. The zero-order chi connectivity index (χ0) is 15.5. The standard InChI is InChI=1S/C14H21NO4S2/c1-2-12-20(16,17)15-10-8-14(9-11-15)21(18,19)13-6-4-3-5-7-13/h3-7,14H,2,8-12H2,1H3. The van der Waals surface area contributed by atoms with Gasteiger partial charge in [-0.1, -0.05) is 25.1 Å².